The number of hydrogen-bond donors (Lipinski definition) is 1. The van der Waals surface area contributed by atoms with Gasteiger partial charge in [0.1, 0.15) is 5.82 Å². The summed E-state index contributed by atoms with van der Waals surface area (Å²) in [5.74, 6) is 0.774. The average Bonchev–Trinajstić information content (AvgIpc) is 2.25. The van der Waals surface area contributed by atoms with Crippen molar-refractivity contribution in [3.63, 3.8) is 0 Å². The van der Waals surface area contributed by atoms with Crippen molar-refractivity contribution < 1.29 is 0 Å². The van der Waals surface area contributed by atoms with Crippen molar-refractivity contribution in [3.05, 3.63) is 36.7 Å². The van der Waals surface area contributed by atoms with Gasteiger partial charge in [-0.05, 0) is 33.0 Å². The zero-order valence-corrected chi connectivity index (χ0v) is 9.99. The van der Waals surface area contributed by atoms with E-state index in [1.54, 1.807) is 12.3 Å². The lowest BCUT2D eigenvalue weighted by atomic mass is 10.2. The van der Waals surface area contributed by atoms with Crippen molar-refractivity contribution in [3.8, 4) is 0 Å². The Morgan fingerprint density at radius 2 is 2.25 bits per heavy atom. The van der Waals surface area contributed by atoms with E-state index in [9.17, 15) is 0 Å². The zero-order valence-electron chi connectivity index (χ0n) is 9.99. The van der Waals surface area contributed by atoms with Crippen LogP contribution in [0.3, 0.4) is 0 Å². The van der Waals surface area contributed by atoms with Crippen LogP contribution in [0.25, 0.3) is 6.08 Å². The Morgan fingerprint density at radius 3 is 2.81 bits per heavy atom. The molecule has 1 aromatic heterocycles. The Labute approximate surface area is 96.6 Å². The first-order valence-electron chi connectivity index (χ1n) is 5.20. The number of rotatable bonds is 4. The minimum absolute atomic E-state index is 0.774. The number of anilines is 1. The van der Waals surface area contributed by atoms with Crippen LogP contribution in [0.15, 0.2) is 36.1 Å². The summed E-state index contributed by atoms with van der Waals surface area (Å²) < 4.78 is 0. The molecule has 0 unspecified atom stereocenters. The second-order valence-electron chi connectivity index (χ2n) is 3.50. The molecule has 1 aromatic rings. The van der Waals surface area contributed by atoms with E-state index in [0.717, 1.165) is 22.8 Å². The standard InChI is InChI=1S/C13H17N3/c1-5-8-14-13-11(6-2)12(7-9-15-13)16-10(3)4/h5-9H,2H2,1,3-4H3,(H,14,15)/b8-5+. The van der Waals surface area contributed by atoms with Crippen molar-refractivity contribution in [1.82, 2.24) is 4.98 Å². The smallest absolute Gasteiger partial charge is 0.139 e. The highest BCUT2D eigenvalue weighted by Gasteiger charge is 2.04. The van der Waals surface area contributed by atoms with Crippen LogP contribution in [0.4, 0.5) is 11.5 Å². The first kappa shape index (κ1) is 12.2. The number of pyridine rings is 1. The molecule has 0 bridgehead atoms. The molecular formula is C13H17N3. The van der Waals surface area contributed by atoms with Crippen molar-refractivity contribution in [2.24, 2.45) is 4.99 Å². The van der Waals surface area contributed by atoms with Crippen molar-refractivity contribution in [1.29, 1.82) is 0 Å². The number of allylic oxidation sites excluding steroid dienone is 1. The molecule has 16 heavy (non-hydrogen) atoms. The molecule has 1 N–H and O–H groups in total. The van der Waals surface area contributed by atoms with Crippen LogP contribution in [0.5, 0.6) is 0 Å². The van der Waals surface area contributed by atoms with E-state index in [2.05, 4.69) is 21.9 Å². The van der Waals surface area contributed by atoms with E-state index < -0.39 is 0 Å². The molecule has 3 nitrogen and oxygen atoms in total. The lowest BCUT2D eigenvalue weighted by Gasteiger charge is -2.07. The third-order valence-electron chi connectivity index (χ3n) is 1.90. The summed E-state index contributed by atoms with van der Waals surface area (Å²) in [6.07, 6.45) is 7.25. The molecule has 0 saturated carbocycles. The first-order chi connectivity index (χ1) is 7.69. The highest BCUT2D eigenvalue weighted by atomic mass is 15.0. The van der Waals surface area contributed by atoms with E-state index in [1.165, 1.54) is 0 Å². The van der Waals surface area contributed by atoms with Crippen molar-refractivity contribution >= 4 is 23.3 Å². The number of aliphatic imine (C=N–C) groups is 1. The van der Waals surface area contributed by atoms with E-state index in [0.29, 0.717) is 0 Å². The average molecular weight is 215 g/mol. The summed E-state index contributed by atoms with van der Waals surface area (Å²) in [5.41, 5.74) is 2.81. The van der Waals surface area contributed by atoms with E-state index in [-0.39, 0.29) is 0 Å². The summed E-state index contributed by atoms with van der Waals surface area (Å²) in [6.45, 7) is 9.67. The first-order valence-corrected chi connectivity index (χ1v) is 5.20. The molecule has 1 heterocycles. The van der Waals surface area contributed by atoms with Crippen molar-refractivity contribution in [2.75, 3.05) is 5.32 Å². The monoisotopic (exact) mass is 215 g/mol. The topological polar surface area (TPSA) is 37.3 Å². The number of aromatic nitrogens is 1. The molecule has 0 aliphatic rings. The lowest BCUT2D eigenvalue weighted by molar-refractivity contribution is 1.28. The summed E-state index contributed by atoms with van der Waals surface area (Å²) in [6, 6.07) is 1.88. The Kier molecular flexibility index (Phi) is 4.45. The summed E-state index contributed by atoms with van der Waals surface area (Å²) in [4.78, 5) is 8.69. The van der Waals surface area contributed by atoms with Gasteiger partial charge in [-0.2, -0.15) is 0 Å². The van der Waals surface area contributed by atoms with Gasteiger partial charge in [0.25, 0.3) is 0 Å². The van der Waals surface area contributed by atoms with Crippen molar-refractivity contribution in [2.45, 2.75) is 20.8 Å². The predicted molar refractivity (Wildman–Crippen MR) is 71.2 cm³/mol. The molecule has 0 amide bonds. The Hall–Kier alpha value is -1.90. The van der Waals surface area contributed by atoms with E-state index in [4.69, 9.17) is 0 Å². The summed E-state index contributed by atoms with van der Waals surface area (Å²) in [5, 5.41) is 3.10. The fourth-order valence-corrected chi connectivity index (χ4v) is 1.28. The highest BCUT2D eigenvalue weighted by molar-refractivity contribution is 5.85. The van der Waals surface area contributed by atoms with Gasteiger partial charge in [-0.3, -0.25) is 4.99 Å². The molecule has 3 heteroatoms. The Bertz CT molecular complexity index is 427. The number of hydrogen-bond acceptors (Lipinski definition) is 3. The highest BCUT2D eigenvalue weighted by Crippen LogP contribution is 2.26. The molecule has 0 saturated heterocycles. The Morgan fingerprint density at radius 1 is 1.50 bits per heavy atom. The minimum Gasteiger partial charge on any atom is -0.346 e. The van der Waals surface area contributed by atoms with Gasteiger partial charge in [-0.1, -0.05) is 18.7 Å². The van der Waals surface area contributed by atoms with Gasteiger partial charge in [0.2, 0.25) is 0 Å². The summed E-state index contributed by atoms with van der Waals surface area (Å²) >= 11 is 0. The fraction of sp³-hybridized carbons (Fsp3) is 0.231. The van der Waals surface area contributed by atoms with Crippen LogP contribution in [0.1, 0.15) is 26.3 Å². The second-order valence-corrected chi connectivity index (χ2v) is 3.50. The fourth-order valence-electron chi connectivity index (χ4n) is 1.28. The van der Waals surface area contributed by atoms with Gasteiger partial charge < -0.3 is 5.32 Å². The van der Waals surface area contributed by atoms with Crippen LogP contribution >= 0.6 is 0 Å². The molecular weight excluding hydrogens is 198 g/mol. The molecule has 0 aromatic carbocycles. The van der Waals surface area contributed by atoms with E-state index in [1.807, 2.05) is 39.1 Å². The normalized spacial score (nSPS) is 10.2. The molecule has 1 rings (SSSR count). The van der Waals surface area contributed by atoms with Crippen LogP contribution in [-0.2, 0) is 0 Å². The third-order valence-corrected chi connectivity index (χ3v) is 1.90. The number of nitrogens with one attached hydrogen (secondary N) is 1. The second kappa shape index (κ2) is 5.85. The van der Waals surface area contributed by atoms with Gasteiger partial charge in [-0.15, -0.1) is 0 Å². The van der Waals surface area contributed by atoms with Gasteiger partial charge >= 0.3 is 0 Å². The largest absolute Gasteiger partial charge is 0.346 e. The molecule has 0 aliphatic carbocycles. The van der Waals surface area contributed by atoms with E-state index >= 15 is 0 Å². The third kappa shape index (κ3) is 3.05. The molecule has 0 radical (unpaired) electrons. The minimum atomic E-state index is 0.774. The molecule has 0 fully saturated rings. The SMILES string of the molecule is C=Cc1c(N=C(C)C)ccnc1N/C=C/C. The maximum absolute atomic E-state index is 4.44. The molecule has 0 atom stereocenters. The maximum atomic E-state index is 4.44. The predicted octanol–water partition coefficient (Wildman–Crippen LogP) is 3.78. The van der Waals surface area contributed by atoms with Gasteiger partial charge in [0, 0.05) is 17.5 Å². The van der Waals surface area contributed by atoms with Crippen LogP contribution < -0.4 is 5.32 Å². The lowest BCUT2D eigenvalue weighted by Crippen LogP contribution is -1.94. The van der Waals surface area contributed by atoms with Gasteiger partial charge in [0.05, 0.1) is 5.69 Å². The Balaban J connectivity index is 3.20. The molecule has 84 valence electrons. The van der Waals surface area contributed by atoms with Crippen LogP contribution in [-0.4, -0.2) is 10.7 Å². The van der Waals surface area contributed by atoms with Crippen LogP contribution in [0, 0.1) is 0 Å². The van der Waals surface area contributed by atoms with Gasteiger partial charge in [-0.25, -0.2) is 4.98 Å². The molecule has 0 spiro atoms. The van der Waals surface area contributed by atoms with Gasteiger partial charge in [0.15, 0.2) is 0 Å². The summed E-state index contributed by atoms with van der Waals surface area (Å²) in [7, 11) is 0. The zero-order chi connectivity index (χ0) is 12.0. The number of nitrogens with zero attached hydrogens (tertiary/aromatic N) is 2. The quantitative estimate of drug-likeness (QED) is 0.776. The maximum Gasteiger partial charge on any atom is 0.139 e. The molecule has 0 aliphatic heterocycles. The van der Waals surface area contributed by atoms with Crippen LogP contribution in [0.2, 0.25) is 0 Å².